The summed E-state index contributed by atoms with van der Waals surface area (Å²) < 4.78 is 1.99. The molecule has 162 valence electrons. The molecule has 2 amide bonds. The van der Waals surface area contributed by atoms with E-state index in [2.05, 4.69) is 30.2 Å². The number of hydrogen-bond acceptors (Lipinski definition) is 4. The first-order valence-corrected chi connectivity index (χ1v) is 11.1. The van der Waals surface area contributed by atoms with E-state index in [1.54, 1.807) is 13.2 Å². The second-order valence-corrected chi connectivity index (χ2v) is 8.59. The minimum Gasteiger partial charge on any atom is -0.336 e. The molecule has 0 aliphatic rings. The van der Waals surface area contributed by atoms with Gasteiger partial charge in [-0.25, -0.2) is 4.98 Å². The Labute approximate surface area is 187 Å². The highest BCUT2D eigenvalue weighted by molar-refractivity contribution is 7.99. The van der Waals surface area contributed by atoms with Crippen molar-refractivity contribution in [2.24, 2.45) is 0 Å². The lowest BCUT2D eigenvalue weighted by Crippen LogP contribution is -2.36. The van der Waals surface area contributed by atoms with Crippen molar-refractivity contribution >= 4 is 29.3 Å². The first-order chi connectivity index (χ1) is 14.8. The van der Waals surface area contributed by atoms with Crippen LogP contribution < -0.4 is 5.32 Å². The Morgan fingerprint density at radius 3 is 2.39 bits per heavy atom. The van der Waals surface area contributed by atoms with Crippen LogP contribution in [0.2, 0.25) is 0 Å². The number of hydrogen-bond donors (Lipinski definition) is 1. The molecule has 3 aromatic rings. The van der Waals surface area contributed by atoms with Gasteiger partial charge < -0.3 is 10.2 Å². The largest absolute Gasteiger partial charge is 0.336 e. The summed E-state index contributed by atoms with van der Waals surface area (Å²) in [6.07, 6.45) is 3.63. The summed E-state index contributed by atoms with van der Waals surface area (Å²) in [6.45, 7) is 8.05. The van der Waals surface area contributed by atoms with E-state index < -0.39 is 0 Å². The van der Waals surface area contributed by atoms with Crippen molar-refractivity contribution in [2.75, 3.05) is 24.7 Å². The summed E-state index contributed by atoms with van der Waals surface area (Å²) in [7, 11) is 1.64. The number of benzene rings is 2. The highest BCUT2D eigenvalue weighted by Gasteiger charge is 2.17. The number of aromatic nitrogens is 2. The summed E-state index contributed by atoms with van der Waals surface area (Å²) in [6, 6.07) is 12.0. The molecule has 6 nitrogen and oxygen atoms in total. The summed E-state index contributed by atoms with van der Waals surface area (Å²) >= 11 is 1.36. The Bertz CT molecular complexity index is 1090. The maximum absolute atomic E-state index is 12.6. The average Bonchev–Trinajstić information content (AvgIpc) is 3.19. The van der Waals surface area contributed by atoms with Crippen molar-refractivity contribution in [3.63, 3.8) is 0 Å². The lowest BCUT2D eigenvalue weighted by atomic mass is 10.1. The van der Waals surface area contributed by atoms with E-state index in [-0.39, 0.29) is 24.1 Å². The minimum absolute atomic E-state index is 0.00139. The quantitative estimate of drug-likeness (QED) is 0.561. The van der Waals surface area contributed by atoms with Gasteiger partial charge in [-0.05, 0) is 56.0 Å². The van der Waals surface area contributed by atoms with E-state index in [0.29, 0.717) is 0 Å². The molecule has 0 atom stereocenters. The van der Waals surface area contributed by atoms with Gasteiger partial charge in [-0.2, -0.15) is 0 Å². The van der Waals surface area contributed by atoms with Crippen LogP contribution in [0.3, 0.4) is 0 Å². The molecule has 0 bridgehead atoms. The predicted octanol–water partition coefficient (Wildman–Crippen LogP) is 4.30. The number of imidazole rings is 1. The number of carbonyl (C=O) groups excluding carboxylic acids is 2. The van der Waals surface area contributed by atoms with Gasteiger partial charge >= 0.3 is 0 Å². The Hall–Kier alpha value is -3.06. The molecule has 1 N–H and O–H groups in total. The number of anilines is 1. The van der Waals surface area contributed by atoms with Crippen LogP contribution in [0.15, 0.2) is 53.9 Å². The second kappa shape index (κ2) is 9.83. The first-order valence-electron chi connectivity index (χ1n) is 10.1. The summed E-state index contributed by atoms with van der Waals surface area (Å²) in [5, 5.41) is 3.67. The standard InChI is InChI=1S/C24H28N4O2S/c1-16-8-7-11-20(19(16)4)28-13-12-25-24(28)31-15-22(30)27(5)14-21(29)26-23-17(2)9-6-10-18(23)3/h6-13H,14-15H2,1-5H3,(H,26,29). The van der Waals surface area contributed by atoms with Gasteiger partial charge in [-0.3, -0.25) is 14.2 Å². The van der Waals surface area contributed by atoms with E-state index in [9.17, 15) is 9.59 Å². The zero-order chi connectivity index (χ0) is 22.5. The maximum atomic E-state index is 12.6. The fourth-order valence-corrected chi connectivity index (χ4v) is 4.21. The second-order valence-electron chi connectivity index (χ2n) is 7.65. The molecule has 1 aromatic heterocycles. The topological polar surface area (TPSA) is 67.2 Å². The van der Waals surface area contributed by atoms with E-state index in [0.717, 1.165) is 27.7 Å². The number of carbonyl (C=O) groups is 2. The minimum atomic E-state index is -0.213. The molecule has 0 unspecified atom stereocenters. The van der Waals surface area contributed by atoms with Crippen molar-refractivity contribution in [3.8, 4) is 5.69 Å². The third-order valence-corrected chi connectivity index (χ3v) is 6.27. The molecule has 0 aliphatic heterocycles. The predicted molar refractivity (Wildman–Crippen MR) is 126 cm³/mol. The third kappa shape index (κ3) is 5.35. The number of nitrogens with zero attached hydrogens (tertiary/aromatic N) is 3. The van der Waals surface area contributed by atoms with Gasteiger partial charge in [-0.1, -0.05) is 42.1 Å². The molecule has 31 heavy (non-hydrogen) atoms. The maximum Gasteiger partial charge on any atom is 0.243 e. The number of aryl methyl sites for hydroxylation is 3. The third-order valence-electron chi connectivity index (χ3n) is 5.32. The van der Waals surface area contributed by atoms with Gasteiger partial charge in [0.1, 0.15) is 0 Å². The smallest absolute Gasteiger partial charge is 0.243 e. The van der Waals surface area contributed by atoms with Crippen LogP contribution in [0.5, 0.6) is 0 Å². The zero-order valence-corrected chi connectivity index (χ0v) is 19.4. The van der Waals surface area contributed by atoms with E-state index >= 15 is 0 Å². The molecule has 7 heteroatoms. The fraction of sp³-hybridized carbons (Fsp3) is 0.292. The molecule has 3 rings (SSSR count). The van der Waals surface area contributed by atoms with Crippen LogP contribution in [0.4, 0.5) is 5.69 Å². The number of rotatable bonds is 7. The molecule has 0 saturated carbocycles. The average molecular weight is 437 g/mol. The van der Waals surface area contributed by atoms with Gasteiger partial charge in [0.25, 0.3) is 0 Å². The van der Waals surface area contributed by atoms with Crippen molar-refractivity contribution in [1.82, 2.24) is 14.5 Å². The number of likely N-dealkylation sites (N-methyl/N-ethyl adjacent to an activating group) is 1. The SMILES string of the molecule is Cc1cccc(-n2ccnc2SCC(=O)N(C)CC(=O)Nc2c(C)cccc2C)c1C. The summed E-state index contributed by atoms with van der Waals surface area (Å²) in [5.41, 5.74) is 6.22. The van der Waals surface area contributed by atoms with E-state index in [1.165, 1.54) is 27.8 Å². The van der Waals surface area contributed by atoms with Gasteiger partial charge in [0.15, 0.2) is 5.16 Å². The Morgan fingerprint density at radius 2 is 1.68 bits per heavy atom. The van der Waals surface area contributed by atoms with Crippen molar-refractivity contribution < 1.29 is 9.59 Å². The van der Waals surface area contributed by atoms with Crippen LogP contribution in [0.1, 0.15) is 22.3 Å². The van der Waals surface area contributed by atoms with Crippen LogP contribution in [-0.4, -0.2) is 45.6 Å². The summed E-state index contributed by atoms with van der Waals surface area (Å²) in [4.78, 5) is 30.9. The van der Waals surface area contributed by atoms with Gasteiger partial charge in [0.05, 0.1) is 18.0 Å². The number of nitrogens with one attached hydrogen (secondary N) is 1. The van der Waals surface area contributed by atoms with Gasteiger partial charge in [0.2, 0.25) is 11.8 Å². The molecule has 2 aromatic carbocycles. The highest BCUT2D eigenvalue weighted by atomic mass is 32.2. The molecule has 0 radical (unpaired) electrons. The molecular formula is C24H28N4O2S. The molecule has 0 aliphatic carbocycles. The van der Waals surface area contributed by atoms with E-state index in [1.807, 2.05) is 54.9 Å². The zero-order valence-electron chi connectivity index (χ0n) is 18.6. The van der Waals surface area contributed by atoms with Crippen LogP contribution in [-0.2, 0) is 9.59 Å². The van der Waals surface area contributed by atoms with Gasteiger partial charge in [0, 0.05) is 25.1 Å². The highest BCUT2D eigenvalue weighted by Crippen LogP contribution is 2.24. The normalized spacial score (nSPS) is 10.7. The van der Waals surface area contributed by atoms with Crippen LogP contribution >= 0.6 is 11.8 Å². The van der Waals surface area contributed by atoms with Crippen molar-refractivity contribution in [1.29, 1.82) is 0 Å². The van der Waals surface area contributed by atoms with Crippen LogP contribution in [0.25, 0.3) is 5.69 Å². The Balaban J connectivity index is 1.60. The van der Waals surface area contributed by atoms with Crippen molar-refractivity contribution in [3.05, 3.63) is 71.0 Å². The molecule has 1 heterocycles. The first kappa shape index (κ1) is 22.6. The van der Waals surface area contributed by atoms with E-state index in [4.69, 9.17) is 0 Å². The molecule has 0 saturated heterocycles. The monoisotopic (exact) mass is 436 g/mol. The fourth-order valence-electron chi connectivity index (χ4n) is 3.31. The number of thioether (sulfide) groups is 1. The lowest BCUT2D eigenvalue weighted by Gasteiger charge is -2.18. The van der Waals surface area contributed by atoms with Crippen molar-refractivity contribution in [2.45, 2.75) is 32.9 Å². The Kier molecular flexibility index (Phi) is 7.17. The van der Waals surface area contributed by atoms with Gasteiger partial charge in [-0.15, -0.1) is 0 Å². The molecule has 0 spiro atoms. The molecule has 0 fully saturated rings. The van der Waals surface area contributed by atoms with Crippen LogP contribution in [0, 0.1) is 27.7 Å². The summed E-state index contributed by atoms with van der Waals surface area (Å²) in [5.74, 6) is -0.137. The molecular weight excluding hydrogens is 408 g/mol. The lowest BCUT2D eigenvalue weighted by molar-refractivity contribution is -0.131. The number of amides is 2. The Morgan fingerprint density at radius 1 is 1.03 bits per heavy atom. The number of para-hydroxylation sites is 1.